The number of rotatable bonds is 6. The summed E-state index contributed by atoms with van der Waals surface area (Å²) in [5, 5.41) is 6.98. The molecule has 0 unspecified atom stereocenters. The molecule has 2 aromatic carbocycles. The van der Waals surface area contributed by atoms with Crippen molar-refractivity contribution in [1.82, 2.24) is 0 Å². The van der Waals surface area contributed by atoms with Crippen LogP contribution in [-0.4, -0.2) is 23.8 Å². The largest absolute Gasteiger partial charge is 0.337 e. The van der Waals surface area contributed by atoms with Crippen LogP contribution in [0.4, 0.5) is 11.4 Å². The Balaban J connectivity index is 2.40. The van der Waals surface area contributed by atoms with Crippen LogP contribution in [-0.2, 0) is 0 Å². The van der Waals surface area contributed by atoms with Crippen molar-refractivity contribution in [2.45, 2.75) is 66.5 Å². The molecule has 2 aromatic rings. The lowest BCUT2D eigenvalue weighted by Gasteiger charge is -2.18. The van der Waals surface area contributed by atoms with E-state index in [0.29, 0.717) is 0 Å². The minimum Gasteiger partial charge on any atom is -0.337 e. The van der Waals surface area contributed by atoms with Crippen molar-refractivity contribution in [3.8, 4) is 0 Å². The first-order chi connectivity index (χ1) is 13.4. The van der Waals surface area contributed by atoms with Crippen LogP contribution in [0.25, 0.3) is 0 Å². The van der Waals surface area contributed by atoms with Crippen LogP contribution in [0.1, 0.15) is 51.7 Å². The number of hydrogen-bond acceptors (Lipinski definition) is 2. The van der Waals surface area contributed by atoms with Crippen LogP contribution in [0.2, 0.25) is 0 Å². The van der Waals surface area contributed by atoms with Crippen molar-refractivity contribution < 1.29 is 0 Å². The standard InChI is InChI=1S/C24H34N4/c1-7-19(5)25-23(27-21-13-9-17(3)10-14-21)24(26-20(6)8-2)28-22-15-11-18(4)12-16-22/h9-16,19-20H,7-8H2,1-6H3,(H,25,27)(H,26,28)/t19-,20-/m0/s1. The summed E-state index contributed by atoms with van der Waals surface area (Å²) in [7, 11) is 0. The molecule has 0 spiro atoms. The third-order valence-corrected chi connectivity index (χ3v) is 4.73. The van der Waals surface area contributed by atoms with E-state index in [4.69, 9.17) is 9.98 Å². The maximum absolute atomic E-state index is 4.93. The molecular formula is C24H34N4. The van der Waals surface area contributed by atoms with Gasteiger partial charge in [0.1, 0.15) is 0 Å². The number of amidine groups is 2. The number of nitrogens with one attached hydrogen (secondary N) is 2. The van der Waals surface area contributed by atoms with Crippen LogP contribution in [0, 0.1) is 13.8 Å². The third-order valence-electron chi connectivity index (χ3n) is 4.73. The van der Waals surface area contributed by atoms with Gasteiger partial charge in [-0.1, -0.05) is 49.2 Å². The number of benzene rings is 2. The van der Waals surface area contributed by atoms with Gasteiger partial charge in [0.15, 0.2) is 11.7 Å². The second-order valence-electron chi connectivity index (χ2n) is 7.45. The first kappa shape index (κ1) is 21.7. The molecule has 0 heterocycles. The van der Waals surface area contributed by atoms with Gasteiger partial charge in [0.25, 0.3) is 0 Å². The monoisotopic (exact) mass is 378 g/mol. The molecule has 2 N–H and O–H groups in total. The fourth-order valence-corrected chi connectivity index (χ4v) is 2.48. The Labute approximate surface area is 170 Å². The molecule has 0 aromatic heterocycles. The summed E-state index contributed by atoms with van der Waals surface area (Å²) in [5.74, 6) is 1.55. The van der Waals surface area contributed by atoms with Crippen molar-refractivity contribution in [2.24, 2.45) is 9.98 Å². The summed E-state index contributed by atoms with van der Waals surface area (Å²) in [6.07, 6.45) is 1.94. The lowest BCUT2D eigenvalue weighted by Crippen LogP contribution is -2.32. The Bertz CT molecular complexity index is 719. The zero-order chi connectivity index (χ0) is 20.5. The lowest BCUT2D eigenvalue weighted by atomic mass is 10.2. The SMILES string of the molecule is CC[C@H](C)N=C(Nc1ccc(C)cc1)C(=N[C@@H](C)CC)Nc1ccc(C)cc1. The average molecular weight is 379 g/mol. The maximum Gasteiger partial charge on any atom is 0.169 e. The first-order valence-electron chi connectivity index (χ1n) is 10.2. The molecule has 2 atom stereocenters. The fraction of sp³-hybridized carbons (Fsp3) is 0.417. The zero-order valence-electron chi connectivity index (χ0n) is 18.1. The number of aliphatic imine (C=N–C) groups is 2. The Morgan fingerprint density at radius 2 is 1.00 bits per heavy atom. The van der Waals surface area contributed by atoms with Gasteiger partial charge in [-0.15, -0.1) is 0 Å². The smallest absolute Gasteiger partial charge is 0.169 e. The molecule has 4 nitrogen and oxygen atoms in total. The zero-order valence-corrected chi connectivity index (χ0v) is 18.1. The van der Waals surface area contributed by atoms with Crippen molar-refractivity contribution in [3.63, 3.8) is 0 Å². The molecular weight excluding hydrogens is 344 g/mol. The lowest BCUT2D eigenvalue weighted by molar-refractivity contribution is 0.712. The molecule has 2 rings (SSSR count). The van der Waals surface area contributed by atoms with Gasteiger partial charge in [0, 0.05) is 23.5 Å². The highest BCUT2D eigenvalue weighted by Gasteiger charge is 2.14. The van der Waals surface area contributed by atoms with E-state index in [1.54, 1.807) is 0 Å². The Morgan fingerprint density at radius 3 is 1.29 bits per heavy atom. The van der Waals surface area contributed by atoms with Gasteiger partial charge in [-0.2, -0.15) is 0 Å². The fourth-order valence-electron chi connectivity index (χ4n) is 2.48. The molecule has 0 aliphatic rings. The number of hydrogen-bond donors (Lipinski definition) is 2. The Hall–Kier alpha value is -2.62. The van der Waals surface area contributed by atoms with Crippen molar-refractivity contribution in [2.75, 3.05) is 10.6 Å². The van der Waals surface area contributed by atoms with Crippen molar-refractivity contribution >= 4 is 23.0 Å². The maximum atomic E-state index is 4.93. The van der Waals surface area contributed by atoms with E-state index in [2.05, 4.69) is 101 Å². The molecule has 0 aliphatic heterocycles. The summed E-state index contributed by atoms with van der Waals surface area (Å²) in [5.41, 5.74) is 4.49. The number of aryl methyl sites for hydroxylation is 2. The van der Waals surface area contributed by atoms with Crippen molar-refractivity contribution in [3.05, 3.63) is 59.7 Å². The molecule has 0 radical (unpaired) electrons. The molecule has 4 heteroatoms. The Kier molecular flexibility index (Phi) is 8.24. The molecule has 150 valence electrons. The van der Waals surface area contributed by atoms with Gasteiger partial charge >= 0.3 is 0 Å². The topological polar surface area (TPSA) is 48.8 Å². The molecule has 0 aliphatic carbocycles. The first-order valence-corrected chi connectivity index (χ1v) is 10.2. The molecule has 0 saturated carbocycles. The quantitative estimate of drug-likeness (QED) is 0.463. The minimum atomic E-state index is 0.204. The van der Waals surface area contributed by atoms with Crippen LogP contribution in [0.5, 0.6) is 0 Å². The predicted molar refractivity (Wildman–Crippen MR) is 124 cm³/mol. The predicted octanol–water partition coefficient (Wildman–Crippen LogP) is 6.22. The van der Waals surface area contributed by atoms with E-state index in [0.717, 1.165) is 35.9 Å². The molecule has 28 heavy (non-hydrogen) atoms. The van der Waals surface area contributed by atoms with Gasteiger partial charge in [0.05, 0.1) is 0 Å². The second kappa shape index (κ2) is 10.6. The molecule has 0 bridgehead atoms. The van der Waals surface area contributed by atoms with Gasteiger partial charge < -0.3 is 10.6 Å². The van der Waals surface area contributed by atoms with Crippen LogP contribution in [0.3, 0.4) is 0 Å². The highest BCUT2D eigenvalue weighted by molar-refractivity contribution is 6.48. The summed E-state index contributed by atoms with van der Waals surface area (Å²) in [4.78, 5) is 9.85. The third kappa shape index (κ3) is 6.84. The average Bonchev–Trinajstić information content (AvgIpc) is 2.70. The normalized spacial score (nSPS) is 14.5. The highest BCUT2D eigenvalue weighted by Crippen LogP contribution is 2.14. The summed E-state index contributed by atoms with van der Waals surface area (Å²) in [6.45, 7) is 12.7. The molecule has 0 amide bonds. The van der Waals surface area contributed by atoms with Crippen LogP contribution >= 0.6 is 0 Å². The van der Waals surface area contributed by atoms with Gasteiger partial charge in [-0.05, 0) is 64.8 Å². The van der Waals surface area contributed by atoms with Crippen molar-refractivity contribution in [1.29, 1.82) is 0 Å². The van der Waals surface area contributed by atoms with E-state index in [1.165, 1.54) is 11.1 Å². The van der Waals surface area contributed by atoms with E-state index >= 15 is 0 Å². The number of nitrogens with zero attached hydrogens (tertiary/aromatic N) is 2. The van der Waals surface area contributed by atoms with Crippen LogP contribution < -0.4 is 10.6 Å². The van der Waals surface area contributed by atoms with E-state index in [9.17, 15) is 0 Å². The van der Waals surface area contributed by atoms with Gasteiger partial charge in [-0.3, -0.25) is 9.98 Å². The van der Waals surface area contributed by atoms with E-state index in [-0.39, 0.29) is 12.1 Å². The summed E-state index contributed by atoms with van der Waals surface area (Å²) >= 11 is 0. The number of anilines is 2. The molecule has 0 saturated heterocycles. The van der Waals surface area contributed by atoms with Gasteiger partial charge in [0.2, 0.25) is 0 Å². The summed E-state index contributed by atoms with van der Waals surface area (Å²) < 4.78 is 0. The van der Waals surface area contributed by atoms with Crippen LogP contribution in [0.15, 0.2) is 58.5 Å². The highest BCUT2D eigenvalue weighted by atomic mass is 15.1. The Morgan fingerprint density at radius 1 is 0.679 bits per heavy atom. The molecule has 0 fully saturated rings. The minimum absolute atomic E-state index is 0.204. The second-order valence-corrected chi connectivity index (χ2v) is 7.45. The van der Waals surface area contributed by atoms with E-state index in [1.807, 2.05) is 0 Å². The summed E-state index contributed by atoms with van der Waals surface area (Å²) in [6, 6.07) is 17.1. The van der Waals surface area contributed by atoms with Gasteiger partial charge in [-0.25, -0.2) is 0 Å². The van der Waals surface area contributed by atoms with E-state index < -0.39 is 0 Å².